The van der Waals surface area contributed by atoms with Gasteiger partial charge in [-0.25, -0.2) is 19.8 Å². The summed E-state index contributed by atoms with van der Waals surface area (Å²) in [6.07, 6.45) is 1.67. The van der Waals surface area contributed by atoms with Crippen LogP contribution in [0.3, 0.4) is 0 Å². The van der Waals surface area contributed by atoms with Crippen LogP contribution in [0.2, 0.25) is 10.0 Å². The lowest BCUT2D eigenvalue weighted by molar-refractivity contribution is 0.255. The first-order valence-electron chi connectivity index (χ1n) is 7.93. The third-order valence-electron chi connectivity index (χ3n) is 3.79. The van der Waals surface area contributed by atoms with Crippen LogP contribution in [0, 0.1) is 0 Å². The molecular formula is C18H17Cl2N5O. The molecule has 0 saturated carbocycles. The minimum absolute atomic E-state index is 0.243. The van der Waals surface area contributed by atoms with Gasteiger partial charge in [-0.2, -0.15) is 0 Å². The van der Waals surface area contributed by atoms with E-state index < -0.39 is 6.03 Å². The first-order valence-corrected chi connectivity index (χ1v) is 8.68. The van der Waals surface area contributed by atoms with Gasteiger partial charge in [0.25, 0.3) is 0 Å². The Bertz CT molecular complexity index is 957. The molecule has 0 radical (unpaired) electrons. The fourth-order valence-electron chi connectivity index (χ4n) is 2.65. The number of nitrogens with one attached hydrogen (secondary N) is 1. The predicted octanol–water partition coefficient (Wildman–Crippen LogP) is 4.97. The number of hydrogen-bond acceptors (Lipinski definition) is 4. The van der Waals surface area contributed by atoms with E-state index in [4.69, 9.17) is 28.9 Å². The number of primary amides is 1. The number of hydrogen-bond donors (Lipinski definition) is 2. The number of carbonyl (C=O) groups is 1. The summed E-state index contributed by atoms with van der Waals surface area (Å²) < 4.78 is 0. The van der Waals surface area contributed by atoms with Gasteiger partial charge in [0.1, 0.15) is 5.82 Å². The molecule has 0 bridgehead atoms. The highest BCUT2D eigenvalue weighted by atomic mass is 35.5. The normalized spacial score (nSPS) is 11.0. The Hall–Kier alpha value is -2.57. The molecule has 2 aromatic heterocycles. The highest BCUT2D eigenvalue weighted by Crippen LogP contribution is 2.28. The molecule has 0 aliphatic carbocycles. The number of aromatic nitrogens is 2. The zero-order valence-electron chi connectivity index (χ0n) is 14.2. The number of pyridine rings is 2. The zero-order chi connectivity index (χ0) is 18.8. The summed E-state index contributed by atoms with van der Waals surface area (Å²) in [4.78, 5) is 20.7. The van der Waals surface area contributed by atoms with E-state index in [1.165, 1.54) is 0 Å². The van der Waals surface area contributed by atoms with Crippen molar-refractivity contribution in [2.24, 2.45) is 5.73 Å². The number of carbonyl (C=O) groups excluding carboxylic acids is 1. The summed E-state index contributed by atoms with van der Waals surface area (Å²) in [6, 6.07) is 9.71. The molecule has 26 heavy (non-hydrogen) atoms. The maximum Gasteiger partial charge on any atom is 0.338 e. The van der Waals surface area contributed by atoms with Gasteiger partial charge in [0.05, 0.1) is 5.69 Å². The van der Waals surface area contributed by atoms with Gasteiger partial charge in [0.15, 0.2) is 5.65 Å². The first kappa shape index (κ1) is 18.2. The number of fused-ring (bicyclic) bond motifs is 1. The topological polar surface area (TPSA) is 84.1 Å². The van der Waals surface area contributed by atoms with E-state index in [1.807, 2.05) is 18.2 Å². The summed E-state index contributed by atoms with van der Waals surface area (Å²) in [5.74, 6) is 0.683. The number of urea groups is 1. The van der Waals surface area contributed by atoms with E-state index >= 15 is 0 Å². The molecule has 3 rings (SSSR count). The highest BCUT2D eigenvalue weighted by Gasteiger charge is 2.17. The Balaban J connectivity index is 2.06. The molecule has 1 aromatic carbocycles. The van der Waals surface area contributed by atoms with E-state index in [2.05, 4.69) is 29.2 Å². The van der Waals surface area contributed by atoms with Crippen LogP contribution in [-0.2, 0) is 0 Å². The fourth-order valence-corrected chi connectivity index (χ4v) is 3.16. The standard InChI is InChI=1S/C18H17Cl2N5O/c1-10(2)15-9-16(23-17-14(15)4-3-5-22-17)24-25(18(21)26)13-7-11(19)6-12(20)8-13/h3-10H,1-2H3,(H2,21,26)(H,22,23,24). The van der Waals surface area contributed by atoms with Crippen molar-refractivity contribution >= 4 is 51.8 Å². The molecule has 0 fully saturated rings. The van der Waals surface area contributed by atoms with E-state index in [1.54, 1.807) is 24.4 Å². The predicted molar refractivity (Wildman–Crippen MR) is 106 cm³/mol. The molecule has 6 nitrogen and oxygen atoms in total. The molecule has 2 amide bonds. The van der Waals surface area contributed by atoms with Gasteiger partial charge in [-0.15, -0.1) is 0 Å². The minimum Gasteiger partial charge on any atom is -0.350 e. The SMILES string of the molecule is CC(C)c1cc(NN(C(N)=O)c2cc(Cl)cc(Cl)c2)nc2ncccc12. The van der Waals surface area contributed by atoms with Crippen LogP contribution in [0.15, 0.2) is 42.6 Å². The van der Waals surface area contributed by atoms with Crippen molar-refractivity contribution in [3.8, 4) is 0 Å². The van der Waals surface area contributed by atoms with Crippen LogP contribution >= 0.6 is 23.2 Å². The highest BCUT2D eigenvalue weighted by molar-refractivity contribution is 6.35. The van der Waals surface area contributed by atoms with Crippen molar-refractivity contribution in [2.75, 3.05) is 10.4 Å². The number of benzene rings is 1. The smallest absolute Gasteiger partial charge is 0.338 e. The average molecular weight is 390 g/mol. The van der Waals surface area contributed by atoms with Crippen molar-refractivity contribution in [1.29, 1.82) is 0 Å². The molecule has 0 unspecified atom stereocenters. The maximum atomic E-state index is 12.0. The van der Waals surface area contributed by atoms with Crippen molar-refractivity contribution in [3.63, 3.8) is 0 Å². The number of rotatable bonds is 4. The minimum atomic E-state index is -0.725. The summed E-state index contributed by atoms with van der Waals surface area (Å²) in [7, 11) is 0. The van der Waals surface area contributed by atoms with Gasteiger partial charge < -0.3 is 5.73 Å². The molecule has 134 valence electrons. The summed E-state index contributed by atoms with van der Waals surface area (Å²) in [5.41, 5.74) is 10.5. The summed E-state index contributed by atoms with van der Waals surface area (Å²) in [5, 5.41) is 2.87. The molecule has 0 saturated heterocycles. The van der Waals surface area contributed by atoms with Crippen molar-refractivity contribution < 1.29 is 4.79 Å². The number of nitrogens with two attached hydrogens (primary N) is 1. The summed E-state index contributed by atoms with van der Waals surface area (Å²) in [6.45, 7) is 4.16. The molecular weight excluding hydrogens is 373 g/mol. The average Bonchev–Trinajstić information content (AvgIpc) is 2.57. The third-order valence-corrected chi connectivity index (χ3v) is 4.23. The number of hydrazine groups is 1. The van der Waals surface area contributed by atoms with Gasteiger partial charge in [-0.3, -0.25) is 5.43 Å². The van der Waals surface area contributed by atoms with Crippen LogP contribution in [0.1, 0.15) is 25.3 Å². The molecule has 3 N–H and O–H groups in total. The van der Waals surface area contributed by atoms with Crippen molar-refractivity contribution in [3.05, 3.63) is 58.2 Å². The first-order chi connectivity index (χ1) is 12.3. The van der Waals surface area contributed by atoms with E-state index in [9.17, 15) is 4.79 Å². The van der Waals surface area contributed by atoms with Crippen LogP contribution in [0.25, 0.3) is 11.0 Å². The molecule has 3 aromatic rings. The molecule has 0 aliphatic heterocycles. The van der Waals surface area contributed by atoms with Crippen LogP contribution < -0.4 is 16.2 Å². The number of anilines is 2. The monoisotopic (exact) mass is 389 g/mol. The Morgan fingerprint density at radius 3 is 2.50 bits per heavy atom. The zero-order valence-corrected chi connectivity index (χ0v) is 15.7. The number of halogens is 2. The second-order valence-electron chi connectivity index (χ2n) is 6.04. The van der Waals surface area contributed by atoms with Crippen LogP contribution in [-0.4, -0.2) is 16.0 Å². The second kappa shape index (κ2) is 7.35. The Labute approximate surface area is 160 Å². The molecule has 0 spiro atoms. The molecule has 2 heterocycles. The quantitative estimate of drug-likeness (QED) is 0.616. The molecule has 0 aliphatic rings. The van der Waals surface area contributed by atoms with E-state index in [-0.39, 0.29) is 5.92 Å². The number of amides is 2. The summed E-state index contributed by atoms with van der Waals surface area (Å²) >= 11 is 12.1. The fraction of sp³-hybridized carbons (Fsp3) is 0.167. The van der Waals surface area contributed by atoms with E-state index in [0.29, 0.717) is 27.2 Å². The van der Waals surface area contributed by atoms with Crippen molar-refractivity contribution in [2.45, 2.75) is 19.8 Å². The Morgan fingerprint density at radius 2 is 1.88 bits per heavy atom. The maximum absolute atomic E-state index is 12.0. The van der Waals surface area contributed by atoms with E-state index in [0.717, 1.165) is 16.0 Å². The van der Waals surface area contributed by atoms with Crippen LogP contribution in [0.5, 0.6) is 0 Å². The van der Waals surface area contributed by atoms with Gasteiger partial charge in [-0.05, 0) is 47.9 Å². The van der Waals surface area contributed by atoms with Crippen LogP contribution in [0.4, 0.5) is 16.3 Å². The lowest BCUT2D eigenvalue weighted by atomic mass is 10.0. The largest absolute Gasteiger partial charge is 0.350 e. The lowest BCUT2D eigenvalue weighted by Gasteiger charge is -2.23. The van der Waals surface area contributed by atoms with Gasteiger partial charge >= 0.3 is 6.03 Å². The third kappa shape index (κ3) is 3.81. The van der Waals surface area contributed by atoms with Gasteiger partial charge in [-0.1, -0.05) is 37.0 Å². The van der Waals surface area contributed by atoms with Gasteiger partial charge in [0.2, 0.25) is 0 Å². The number of nitrogens with zero attached hydrogens (tertiary/aromatic N) is 3. The Morgan fingerprint density at radius 1 is 1.19 bits per heavy atom. The molecule has 8 heteroatoms. The lowest BCUT2D eigenvalue weighted by Crippen LogP contribution is -2.40. The Kier molecular flexibility index (Phi) is 5.15. The molecule has 0 atom stereocenters. The van der Waals surface area contributed by atoms with Crippen molar-refractivity contribution in [1.82, 2.24) is 9.97 Å². The second-order valence-corrected chi connectivity index (χ2v) is 6.91. The van der Waals surface area contributed by atoms with Gasteiger partial charge in [0, 0.05) is 21.6 Å².